The lowest BCUT2D eigenvalue weighted by atomic mass is 10.1. The highest BCUT2D eigenvalue weighted by molar-refractivity contribution is 6.16. The summed E-state index contributed by atoms with van der Waals surface area (Å²) in [6.07, 6.45) is 2.29. The molecule has 1 aromatic heterocycles. The van der Waals surface area contributed by atoms with Crippen molar-refractivity contribution < 1.29 is 0 Å². The third-order valence-electron chi connectivity index (χ3n) is 3.05. The van der Waals surface area contributed by atoms with Gasteiger partial charge in [-0.2, -0.15) is 5.26 Å². The highest BCUT2D eigenvalue weighted by Gasteiger charge is 2.29. The predicted octanol–water partition coefficient (Wildman–Crippen LogP) is 2.89. The van der Waals surface area contributed by atoms with Crippen LogP contribution in [0.15, 0.2) is 24.3 Å². The monoisotopic (exact) mass is 258 g/mol. The molecule has 3 rings (SSSR count). The molecule has 1 aromatic carbocycles. The van der Waals surface area contributed by atoms with Crippen LogP contribution in [0.25, 0.3) is 11.4 Å². The molecule has 4 nitrogen and oxygen atoms in total. The minimum absolute atomic E-state index is 0.363. The van der Waals surface area contributed by atoms with Crippen LogP contribution in [0.5, 0.6) is 0 Å². The lowest BCUT2D eigenvalue weighted by Crippen LogP contribution is -2.01. The van der Waals surface area contributed by atoms with E-state index in [0.29, 0.717) is 17.5 Å². The SMILES string of the molecule is N#Cc1cccc(-c2nnc(CCl)n2C2CC2)c1. The molecular weight excluding hydrogens is 248 g/mol. The van der Waals surface area contributed by atoms with E-state index in [-0.39, 0.29) is 0 Å². The van der Waals surface area contributed by atoms with E-state index in [9.17, 15) is 0 Å². The number of alkyl halides is 1. The van der Waals surface area contributed by atoms with E-state index >= 15 is 0 Å². The van der Waals surface area contributed by atoms with Crippen LogP contribution >= 0.6 is 11.6 Å². The van der Waals surface area contributed by atoms with Crippen molar-refractivity contribution in [1.29, 1.82) is 5.26 Å². The van der Waals surface area contributed by atoms with Gasteiger partial charge in [0.1, 0.15) is 5.82 Å². The first-order chi connectivity index (χ1) is 8.83. The van der Waals surface area contributed by atoms with E-state index in [4.69, 9.17) is 16.9 Å². The van der Waals surface area contributed by atoms with Crippen molar-refractivity contribution in [2.24, 2.45) is 0 Å². The molecule has 1 aliphatic carbocycles. The summed E-state index contributed by atoms with van der Waals surface area (Å²) in [7, 11) is 0. The number of benzene rings is 1. The molecule has 1 heterocycles. The number of nitrogens with zero attached hydrogens (tertiary/aromatic N) is 4. The smallest absolute Gasteiger partial charge is 0.164 e. The Morgan fingerprint density at radius 3 is 2.89 bits per heavy atom. The molecule has 0 bridgehead atoms. The van der Waals surface area contributed by atoms with Gasteiger partial charge in [0, 0.05) is 11.6 Å². The second-order valence-electron chi connectivity index (χ2n) is 4.37. The Balaban J connectivity index is 2.11. The molecular formula is C13H11ClN4. The highest BCUT2D eigenvalue weighted by Crippen LogP contribution is 2.39. The first kappa shape index (κ1) is 11.2. The summed E-state index contributed by atoms with van der Waals surface area (Å²) >= 11 is 5.89. The van der Waals surface area contributed by atoms with Gasteiger partial charge in [0.05, 0.1) is 17.5 Å². The Kier molecular flexibility index (Phi) is 2.77. The molecule has 5 heteroatoms. The van der Waals surface area contributed by atoms with Crippen LogP contribution in [-0.4, -0.2) is 14.8 Å². The van der Waals surface area contributed by atoms with Crippen molar-refractivity contribution in [3.63, 3.8) is 0 Å². The Hall–Kier alpha value is -1.86. The van der Waals surface area contributed by atoms with Crippen LogP contribution in [0.2, 0.25) is 0 Å². The van der Waals surface area contributed by atoms with Gasteiger partial charge in [0.15, 0.2) is 5.82 Å². The zero-order valence-electron chi connectivity index (χ0n) is 9.67. The van der Waals surface area contributed by atoms with Gasteiger partial charge in [-0.1, -0.05) is 12.1 Å². The van der Waals surface area contributed by atoms with E-state index in [1.165, 1.54) is 0 Å². The lowest BCUT2D eigenvalue weighted by Gasteiger charge is -2.07. The second kappa shape index (κ2) is 4.43. The molecule has 0 saturated heterocycles. The number of aromatic nitrogens is 3. The van der Waals surface area contributed by atoms with Crippen LogP contribution in [-0.2, 0) is 5.88 Å². The van der Waals surface area contributed by atoms with Crippen molar-refractivity contribution >= 4 is 11.6 Å². The van der Waals surface area contributed by atoms with Gasteiger partial charge < -0.3 is 4.57 Å². The Bertz CT molecular complexity index is 622. The van der Waals surface area contributed by atoms with Crippen molar-refractivity contribution in [3.8, 4) is 17.5 Å². The molecule has 18 heavy (non-hydrogen) atoms. The molecule has 0 aliphatic heterocycles. The number of halogens is 1. The fraction of sp³-hybridized carbons (Fsp3) is 0.308. The third kappa shape index (κ3) is 1.87. The van der Waals surface area contributed by atoms with Crippen LogP contribution in [0, 0.1) is 11.3 Å². The normalized spacial score (nSPS) is 14.4. The van der Waals surface area contributed by atoms with Crippen LogP contribution in [0.3, 0.4) is 0 Å². The van der Waals surface area contributed by atoms with Crippen molar-refractivity contribution in [1.82, 2.24) is 14.8 Å². The summed E-state index contributed by atoms with van der Waals surface area (Å²) in [6.45, 7) is 0. The van der Waals surface area contributed by atoms with Crippen molar-refractivity contribution in [3.05, 3.63) is 35.7 Å². The summed E-state index contributed by atoms with van der Waals surface area (Å²) in [4.78, 5) is 0. The highest BCUT2D eigenvalue weighted by atomic mass is 35.5. The van der Waals surface area contributed by atoms with Crippen LogP contribution < -0.4 is 0 Å². The Morgan fingerprint density at radius 1 is 1.39 bits per heavy atom. The summed E-state index contributed by atoms with van der Waals surface area (Å²) in [5, 5.41) is 17.3. The van der Waals surface area contributed by atoms with Crippen LogP contribution in [0.4, 0.5) is 0 Å². The topological polar surface area (TPSA) is 54.5 Å². The van der Waals surface area contributed by atoms with Gasteiger partial charge in [-0.15, -0.1) is 21.8 Å². The molecule has 1 aliphatic rings. The van der Waals surface area contributed by atoms with E-state index in [2.05, 4.69) is 20.8 Å². The Labute approximate surface area is 110 Å². The predicted molar refractivity (Wildman–Crippen MR) is 68.0 cm³/mol. The standard InChI is InChI=1S/C13H11ClN4/c14-7-12-16-17-13(18(12)11-4-5-11)10-3-1-2-9(6-10)8-15/h1-3,6,11H,4-5,7H2. The molecule has 0 amide bonds. The fourth-order valence-corrected chi connectivity index (χ4v) is 2.24. The summed E-state index contributed by atoms with van der Waals surface area (Å²) in [5.41, 5.74) is 1.55. The average Bonchev–Trinajstić information content (AvgIpc) is 3.17. The molecule has 0 unspecified atom stereocenters. The van der Waals surface area contributed by atoms with Gasteiger partial charge in [-0.3, -0.25) is 0 Å². The number of rotatable bonds is 3. The van der Waals surface area contributed by atoms with Gasteiger partial charge in [-0.05, 0) is 25.0 Å². The molecule has 0 atom stereocenters. The number of hydrogen-bond donors (Lipinski definition) is 0. The van der Waals surface area contributed by atoms with E-state index in [0.717, 1.165) is 30.1 Å². The fourth-order valence-electron chi connectivity index (χ4n) is 2.06. The molecule has 2 aromatic rings. The maximum atomic E-state index is 8.94. The van der Waals surface area contributed by atoms with Gasteiger partial charge in [-0.25, -0.2) is 0 Å². The van der Waals surface area contributed by atoms with E-state index in [1.54, 1.807) is 6.07 Å². The quantitative estimate of drug-likeness (QED) is 0.796. The largest absolute Gasteiger partial charge is 0.307 e. The summed E-state index contributed by atoms with van der Waals surface area (Å²) in [5.74, 6) is 1.98. The van der Waals surface area contributed by atoms with Gasteiger partial charge in [0.2, 0.25) is 0 Å². The summed E-state index contributed by atoms with van der Waals surface area (Å²) < 4.78 is 2.10. The minimum atomic E-state index is 0.363. The van der Waals surface area contributed by atoms with Gasteiger partial charge >= 0.3 is 0 Å². The second-order valence-corrected chi connectivity index (χ2v) is 4.63. The number of hydrogen-bond acceptors (Lipinski definition) is 3. The molecule has 0 N–H and O–H groups in total. The minimum Gasteiger partial charge on any atom is -0.307 e. The van der Waals surface area contributed by atoms with E-state index in [1.807, 2.05) is 18.2 Å². The zero-order valence-corrected chi connectivity index (χ0v) is 10.4. The molecule has 0 radical (unpaired) electrons. The molecule has 1 saturated carbocycles. The average molecular weight is 259 g/mol. The first-order valence-electron chi connectivity index (χ1n) is 5.83. The summed E-state index contributed by atoms with van der Waals surface area (Å²) in [6, 6.07) is 10.0. The lowest BCUT2D eigenvalue weighted by molar-refractivity contribution is 0.712. The van der Waals surface area contributed by atoms with Gasteiger partial charge in [0.25, 0.3) is 0 Å². The maximum absolute atomic E-state index is 8.94. The van der Waals surface area contributed by atoms with Crippen LogP contribution in [0.1, 0.15) is 30.3 Å². The zero-order chi connectivity index (χ0) is 12.5. The molecule has 1 fully saturated rings. The van der Waals surface area contributed by atoms with E-state index < -0.39 is 0 Å². The maximum Gasteiger partial charge on any atom is 0.164 e. The third-order valence-corrected chi connectivity index (χ3v) is 3.29. The molecule has 90 valence electrons. The van der Waals surface area contributed by atoms with Crippen molar-refractivity contribution in [2.75, 3.05) is 0 Å². The number of nitriles is 1. The molecule has 0 spiro atoms. The first-order valence-corrected chi connectivity index (χ1v) is 6.37. The van der Waals surface area contributed by atoms with Crippen molar-refractivity contribution in [2.45, 2.75) is 24.8 Å². The Morgan fingerprint density at radius 2 is 2.22 bits per heavy atom.